The molecule has 0 aliphatic heterocycles. The molecular weight excluding hydrogens is 456 g/mol. The van der Waals surface area contributed by atoms with Crippen LogP contribution in [0.1, 0.15) is 76.8 Å². The minimum absolute atomic E-state index is 0.110. The predicted molar refractivity (Wildman–Crippen MR) is 149 cm³/mol. The molecule has 35 heavy (non-hydrogen) atoms. The molecule has 2 rings (SSSR count). The van der Waals surface area contributed by atoms with E-state index < -0.39 is 5.41 Å². The Morgan fingerprint density at radius 3 is 2.46 bits per heavy atom. The second-order valence-corrected chi connectivity index (χ2v) is 10.2. The number of anilines is 1. The molecule has 0 aliphatic carbocycles. The van der Waals surface area contributed by atoms with E-state index in [9.17, 15) is 4.79 Å². The molecule has 2 aromatic carbocycles. The van der Waals surface area contributed by atoms with Crippen molar-refractivity contribution >= 4 is 28.9 Å². The standard InChI is InChI=1S/C29H42N2O3S/c1-6-7-8-9-10-18-33-25-14-11-13-24(21-25)30-28(35)31-27(32)29(4,5)17-12-19-34-26-20-22(2)15-16-23(26)3/h11,13-16,20-21H,6-10,12,17-19H2,1-5H3,(H2,30,31,32,35). The molecule has 6 heteroatoms. The molecule has 0 atom stereocenters. The Morgan fingerprint density at radius 2 is 1.69 bits per heavy atom. The van der Waals surface area contributed by atoms with Crippen LogP contribution in [0, 0.1) is 19.3 Å². The van der Waals surface area contributed by atoms with Gasteiger partial charge < -0.3 is 20.1 Å². The number of nitrogens with one attached hydrogen (secondary N) is 2. The van der Waals surface area contributed by atoms with Gasteiger partial charge in [-0.25, -0.2) is 0 Å². The van der Waals surface area contributed by atoms with Gasteiger partial charge in [-0.05, 0) is 74.7 Å². The van der Waals surface area contributed by atoms with E-state index in [1.807, 2.05) is 51.1 Å². The summed E-state index contributed by atoms with van der Waals surface area (Å²) in [6.07, 6.45) is 7.47. The molecule has 5 nitrogen and oxygen atoms in total. The third-order valence-corrected chi connectivity index (χ3v) is 6.20. The SMILES string of the molecule is CCCCCCCOc1cccc(NC(=S)NC(=O)C(C)(C)CCCOc2cc(C)ccc2C)c1. The van der Waals surface area contributed by atoms with Crippen molar-refractivity contribution in [3.05, 3.63) is 53.6 Å². The normalized spacial score (nSPS) is 11.1. The number of benzene rings is 2. The molecule has 2 aromatic rings. The summed E-state index contributed by atoms with van der Waals surface area (Å²) in [5, 5.41) is 6.22. The fourth-order valence-electron chi connectivity index (χ4n) is 3.67. The van der Waals surface area contributed by atoms with Crippen LogP contribution in [-0.2, 0) is 4.79 Å². The molecule has 0 aromatic heterocycles. The summed E-state index contributed by atoms with van der Waals surface area (Å²) in [5.41, 5.74) is 2.51. The van der Waals surface area contributed by atoms with E-state index in [1.165, 1.54) is 31.2 Å². The molecule has 0 spiro atoms. The van der Waals surface area contributed by atoms with Gasteiger partial charge >= 0.3 is 0 Å². The Morgan fingerprint density at radius 1 is 0.943 bits per heavy atom. The number of carbonyl (C=O) groups is 1. The van der Waals surface area contributed by atoms with Crippen molar-refractivity contribution in [2.24, 2.45) is 5.41 Å². The summed E-state index contributed by atoms with van der Waals surface area (Å²) >= 11 is 5.39. The van der Waals surface area contributed by atoms with Gasteiger partial charge in [0.2, 0.25) is 5.91 Å². The minimum atomic E-state index is -0.570. The van der Waals surface area contributed by atoms with Crippen LogP contribution in [0.15, 0.2) is 42.5 Å². The summed E-state index contributed by atoms with van der Waals surface area (Å²) in [5.74, 6) is 1.59. The molecule has 0 unspecified atom stereocenters. The highest BCUT2D eigenvalue weighted by atomic mass is 32.1. The fraction of sp³-hybridized carbons (Fsp3) is 0.517. The number of ether oxygens (including phenoxy) is 2. The topological polar surface area (TPSA) is 59.6 Å². The lowest BCUT2D eigenvalue weighted by atomic mass is 9.87. The van der Waals surface area contributed by atoms with Crippen LogP contribution >= 0.6 is 12.2 Å². The predicted octanol–water partition coefficient (Wildman–Crippen LogP) is 7.35. The van der Waals surface area contributed by atoms with Gasteiger partial charge in [-0.2, -0.15) is 0 Å². The zero-order valence-electron chi connectivity index (χ0n) is 22.0. The molecular formula is C29H42N2O3S. The monoisotopic (exact) mass is 498 g/mol. The number of unbranched alkanes of at least 4 members (excludes halogenated alkanes) is 4. The average Bonchev–Trinajstić information content (AvgIpc) is 2.81. The zero-order valence-corrected chi connectivity index (χ0v) is 22.9. The van der Waals surface area contributed by atoms with Crippen molar-refractivity contribution in [1.82, 2.24) is 5.32 Å². The van der Waals surface area contributed by atoms with Crippen LogP contribution in [0.25, 0.3) is 0 Å². The Bertz CT molecular complexity index is 959. The van der Waals surface area contributed by atoms with Gasteiger partial charge in [0.25, 0.3) is 0 Å². The summed E-state index contributed by atoms with van der Waals surface area (Å²) < 4.78 is 11.8. The van der Waals surface area contributed by atoms with Crippen LogP contribution in [0.4, 0.5) is 5.69 Å². The number of rotatable bonds is 14. The molecule has 0 heterocycles. The van der Waals surface area contributed by atoms with Crippen molar-refractivity contribution in [1.29, 1.82) is 0 Å². The lowest BCUT2D eigenvalue weighted by Gasteiger charge is -2.24. The molecule has 0 saturated carbocycles. The molecule has 192 valence electrons. The first-order valence-corrected chi connectivity index (χ1v) is 13.2. The summed E-state index contributed by atoms with van der Waals surface area (Å²) in [4.78, 5) is 12.8. The summed E-state index contributed by atoms with van der Waals surface area (Å²) in [7, 11) is 0. The van der Waals surface area contributed by atoms with E-state index in [-0.39, 0.29) is 11.0 Å². The maximum atomic E-state index is 12.8. The second kappa shape index (κ2) is 14.7. The lowest BCUT2D eigenvalue weighted by molar-refractivity contribution is -0.128. The highest BCUT2D eigenvalue weighted by Crippen LogP contribution is 2.24. The smallest absolute Gasteiger partial charge is 0.231 e. The van der Waals surface area contributed by atoms with Gasteiger partial charge in [0, 0.05) is 17.2 Å². The van der Waals surface area contributed by atoms with Gasteiger partial charge in [-0.1, -0.05) is 64.7 Å². The number of hydrogen-bond donors (Lipinski definition) is 2. The van der Waals surface area contributed by atoms with E-state index in [0.29, 0.717) is 19.6 Å². The first-order chi connectivity index (χ1) is 16.7. The Hall–Kier alpha value is -2.60. The van der Waals surface area contributed by atoms with Crippen LogP contribution in [0.5, 0.6) is 11.5 Å². The molecule has 0 fully saturated rings. The summed E-state index contributed by atoms with van der Waals surface area (Å²) in [6, 6.07) is 13.8. The third-order valence-electron chi connectivity index (χ3n) is 6.00. The van der Waals surface area contributed by atoms with E-state index in [4.69, 9.17) is 21.7 Å². The van der Waals surface area contributed by atoms with E-state index >= 15 is 0 Å². The molecule has 2 N–H and O–H groups in total. The van der Waals surface area contributed by atoms with Gasteiger partial charge in [-0.3, -0.25) is 4.79 Å². The number of hydrogen-bond acceptors (Lipinski definition) is 4. The molecule has 0 bridgehead atoms. The highest BCUT2D eigenvalue weighted by molar-refractivity contribution is 7.80. The maximum absolute atomic E-state index is 12.8. The van der Waals surface area contributed by atoms with Gasteiger partial charge in [0.15, 0.2) is 5.11 Å². The van der Waals surface area contributed by atoms with E-state index in [1.54, 1.807) is 0 Å². The molecule has 1 amide bonds. The maximum Gasteiger partial charge on any atom is 0.231 e. The summed E-state index contributed by atoms with van der Waals surface area (Å²) in [6.45, 7) is 11.4. The van der Waals surface area contributed by atoms with Gasteiger partial charge in [0.1, 0.15) is 11.5 Å². The number of thiocarbonyl (C=S) groups is 1. The Balaban J connectivity index is 1.74. The lowest BCUT2D eigenvalue weighted by Crippen LogP contribution is -2.42. The van der Waals surface area contributed by atoms with Crippen molar-refractivity contribution in [3.63, 3.8) is 0 Å². The third kappa shape index (κ3) is 10.7. The van der Waals surface area contributed by atoms with E-state index in [2.05, 4.69) is 36.6 Å². The fourth-order valence-corrected chi connectivity index (χ4v) is 3.88. The van der Waals surface area contributed by atoms with Crippen molar-refractivity contribution in [3.8, 4) is 11.5 Å². The Labute approximate surface area is 217 Å². The van der Waals surface area contributed by atoms with Gasteiger partial charge in [0.05, 0.1) is 13.2 Å². The average molecular weight is 499 g/mol. The van der Waals surface area contributed by atoms with Crippen molar-refractivity contribution in [2.45, 2.75) is 79.6 Å². The highest BCUT2D eigenvalue weighted by Gasteiger charge is 2.27. The van der Waals surface area contributed by atoms with Crippen LogP contribution in [-0.4, -0.2) is 24.2 Å². The molecule has 0 radical (unpaired) electrons. The van der Waals surface area contributed by atoms with E-state index in [0.717, 1.165) is 35.6 Å². The van der Waals surface area contributed by atoms with Crippen LogP contribution in [0.3, 0.4) is 0 Å². The molecule has 0 saturated heterocycles. The quantitative estimate of drug-likeness (QED) is 0.211. The van der Waals surface area contributed by atoms with Crippen LogP contribution < -0.4 is 20.1 Å². The first kappa shape index (κ1) is 28.6. The first-order valence-electron chi connectivity index (χ1n) is 12.8. The minimum Gasteiger partial charge on any atom is -0.494 e. The number of aryl methyl sites for hydroxylation is 2. The Kier molecular flexibility index (Phi) is 12.0. The van der Waals surface area contributed by atoms with Crippen molar-refractivity contribution in [2.75, 3.05) is 18.5 Å². The second-order valence-electron chi connectivity index (χ2n) is 9.80. The zero-order chi connectivity index (χ0) is 25.7. The largest absolute Gasteiger partial charge is 0.494 e. The number of amides is 1. The number of carbonyl (C=O) groups excluding carboxylic acids is 1. The van der Waals surface area contributed by atoms with Gasteiger partial charge in [-0.15, -0.1) is 0 Å². The van der Waals surface area contributed by atoms with Crippen LogP contribution in [0.2, 0.25) is 0 Å². The van der Waals surface area contributed by atoms with Crippen molar-refractivity contribution < 1.29 is 14.3 Å². The molecule has 0 aliphatic rings.